The summed E-state index contributed by atoms with van der Waals surface area (Å²) in [5.41, 5.74) is 0. The molecule has 0 fully saturated rings. The Morgan fingerprint density at radius 1 is 0.595 bits per heavy atom. The molecule has 10 N–H and O–H groups in total. The zero-order chi connectivity index (χ0) is 31.0. The van der Waals surface area contributed by atoms with E-state index in [9.17, 15) is 30.1 Å². The Labute approximate surface area is 229 Å². The van der Waals surface area contributed by atoms with Crippen molar-refractivity contribution in [3.05, 3.63) is 30.1 Å². The van der Waals surface area contributed by atoms with Gasteiger partial charge in [0.25, 0.3) is 10.1 Å². The summed E-state index contributed by atoms with van der Waals surface area (Å²) >= 11 is -28.4. The van der Waals surface area contributed by atoms with Gasteiger partial charge in [0.1, 0.15) is 5.82 Å². The second-order valence-electron chi connectivity index (χ2n) is 4.27. The van der Waals surface area contributed by atoms with Crippen LogP contribution in [0.3, 0.4) is 0 Å². The van der Waals surface area contributed by atoms with Crippen LogP contribution in [0.25, 0.3) is 0 Å². The predicted molar refractivity (Wildman–Crippen MR) is 93.9 cm³/mol. The van der Waals surface area contributed by atoms with E-state index in [1.54, 1.807) is 0 Å². The molecule has 0 saturated heterocycles. The molecule has 0 aliphatic carbocycles. The average Bonchev–Trinajstić information content (AvgIpc) is 2.37. The third kappa shape index (κ3) is 158. The van der Waals surface area contributed by atoms with Gasteiger partial charge in [-0.3, -0.25) is 4.55 Å². The van der Waals surface area contributed by atoms with Gasteiger partial charge in [0.2, 0.25) is 0 Å². The first-order valence-electron chi connectivity index (χ1n) is 6.47. The topological polar surface area (TPSA) is 345 Å². The molecular weight excluding hydrogens is 888 g/mol. The van der Waals surface area contributed by atoms with E-state index in [1.807, 2.05) is 0 Å². The standard InChI is InChI=1S/C6H5FO3S.5AsFH2O3.Li/c7-5-1-3-6(4-2-5)11(8,9)10;5*2-1(3,4)5;/h1-4H,(H,8,9,10);5*(H2,3,4,5);/q;;;;;;+1/p-1. The minimum Gasteiger partial charge on any atom is 1.00 e. The van der Waals surface area contributed by atoms with Crippen molar-refractivity contribution < 1.29 is 113 Å². The van der Waals surface area contributed by atoms with Crippen LogP contribution in [0, 0.1) is 5.82 Å². The van der Waals surface area contributed by atoms with Crippen molar-refractivity contribution >= 4 is 83.3 Å². The van der Waals surface area contributed by atoms with Gasteiger partial charge in [-0.05, 0) is 24.3 Å². The third-order valence-electron chi connectivity index (χ3n) is 1.11. The maximum Gasteiger partial charge on any atom is 1.00 e. The Morgan fingerprint density at radius 3 is 0.838 bits per heavy atom. The Kier molecular flexibility index (Phi) is 29.3. The maximum absolute atomic E-state index is 12.2. The molecule has 1 aromatic rings. The molecule has 31 heteroatoms. The average molecular weight is 902 g/mol. The Balaban J connectivity index is -0.0000000812. The smallest absolute Gasteiger partial charge is 1.00 e. The van der Waals surface area contributed by atoms with Gasteiger partial charge in [0, 0.05) is 0 Å². The molecule has 0 aliphatic rings. The van der Waals surface area contributed by atoms with Gasteiger partial charge < -0.3 is 0 Å². The van der Waals surface area contributed by atoms with Gasteiger partial charge in [0.05, 0.1) is 4.90 Å². The van der Waals surface area contributed by atoms with Crippen molar-refractivity contribution in [3.8, 4) is 0 Å². The van der Waals surface area contributed by atoms with Crippen LogP contribution in [-0.2, 0) is 28.8 Å². The first-order valence-corrected chi connectivity index (χ1v) is 23.6. The molecule has 1 unspecified atom stereocenters. The summed E-state index contributed by atoms with van der Waals surface area (Å²) in [6.45, 7) is 0. The quantitative estimate of drug-likeness (QED) is 0.0711. The van der Waals surface area contributed by atoms with Crippen molar-refractivity contribution in [2.24, 2.45) is 0 Å². The fourth-order valence-electron chi connectivity index (χ4n) is 0.607. The monoisotopic (exact) mass is 902 g/mol. The van der Waals surface area contributed by atoms with Gasteiger partial charge in [-0.15, -0.1) is 0 Å². The van der Waals surface area contributed by atoms with E-state index in [0.717, 1.165) is 24.3 Å². The molecule has 18 nitrogen and oxygen atoms in total. The fourth-order valence-corrected chi connectivity index (χ4v) is 1.09. The normalized spacial score (nSPS) is 12.7. The molecule has 0 saturated carbocycles. The Morgan fingerprint density at radius 2 is 0.730 bits per heavy atom. The largest absolute Gasteiger partial charge is 1.00 e. The van der Waals surface area contributed by atoms with Crippen molar-refractivity contribution in [1.82, 2.24) is 0 Å². The van der Waals surface area contributed by atoms with Crippen LogP contribution >= 0.6 is 0 Å². The Hall–Kier alpha value is 0.700. The summed E-state index contributed by atoms with van der Waals surface area (Å²) in [4.78, 5) is -0.307. The van der Waals surface area contributed by atoms with Gasteiger partial charge in [-0.2, -0.15) is 8.42 Å². The maximum atomic E-state index is 12.2. The van der Waals surface area contributed by atoms with E-state index in [4.69, 9.17) is 64.2 Å². The van der Waals surface area contributed by atoms with E-state index >= 15 is 0 Å². The number of hydrogen-bond donors (Lipinski definition) is 10. The van der Waals surface area contributed by atoms with Gasteiger partial charge in [-0.25, -0.2) is 4.39 Å². The number of benzene rings is 1. The zero-order valence-electron chi connectivity index (χ0n) is 17.0. The first-order chi connectivity index (χ1) is 15.0. The number of hydrogen-bond acceptors (Lipinski definition) is 8. The third-order valence-corrected chi connectivity index (χ3v) is 1.98. The molecule has 1 aromatic carbocycles. The molecule has 0 radical (unpaired) electrons. The van der Waals surface area contributed by atoms with Crippen LogP contribution in [-0.4, -0.2) is 123 Å². The fraction of sp³-hybridized carbons (Fsp3) is 0. The second kappa shape index (κ2) is 21.4. The molecule has 1 atom stereocenters. The van der Waals surface area contributed by atoms with Gasteiger partial charge in [0.15, 0.2) is 0 Å². The molecule has 220 valence electrons. The van der Waals surface area contributed by atoms with Crippen LogP contribution < -0.4 is 23.0 Å². The summed E-state index contributed by atoms with van der Waals surface area (Å²) < 4.78 is 209. The molecule has 1 rings (SSSR count). The van der Waals surface area contributed by atoms with E-state index in [1.165, 1.54) is 0 Å². The van der Waals surface area contributed by atoms with Gasteiger partial charge >= 0.3 is 169 Å². The van der Waals surface area contributed by atoms with E-state index in [2.05, 4.69) is 0 Å². The molecular formula is C6H14As5F6LiO18S. The minimum atomic E-state index is -5.88. The van der Waals surface area contributed by atoms with Crippen LogP contribution in [0.5, 0.6) is 0 Å². The molecule has 0 spiro atoms. The van der Waals surface area contributed by atoms with Crippen molar-refractivity contribution in [3.63, 3.8) is 0 Å². The van der Waals surface area contributed by atoms with Crippen molar-refractivity contribution in [2.75, 3.05) is 0 Å². The summed E-state index contributed by atoms with van der Waals surface area (Å²) in [5, 5.41) is 0. The summed E-state index contributed by atoms with van der Waals surface area (Å²) in [6, 6.07) is 3.90. The molecule has 0 heterocycles. The molecule has 0 amide bonds. The van der Waals surface area contributed by atoms with Crippen LogP contribution in [0.15, 0.2) is 29.2 Å². The van der Waals surface area contributed by atoms with E-state index < -0.39 is 89.1 Å². The molecule has 37 heavy (non-hydrogen) atoms. The zero-order valence-corrected chi connectivity index (χ0v) is 27.2. The second-order valence-corrected chi connectivity index (χ2v) is 15.5. The van der Waals surface area contributed by atoms with E-state index in [-0.39, 0.29) is 23.8 Å². The molecule has 0 aromatic heterocycles. The molecule has 0 bridgehead atoms. The summed E-state index contributed by atoms with van der Waals surface area (Å²) in [7, 11) is -4.19. The van der Waals surface area contributed by atoms with Gasteiger partial charge in [-0.1, -0.05) is 0 Å². The van der Waals surface area contributed by atoms with Crippen molar-refractivity contribution in [1.29, 1.82) is 0 Å². The van der Waals surface area contributed by atoms with Crippen molar-refractivity contribution in [2.45, 2.75) is 4.90 Å². The molecule has 0 aliphatic heterocycles. The summed E-state index contributed by atoms with van der Waals surface area (Å²) in [5.74, 6) is -0.544. The predicted octanol–water partition coefficient (Wildman–Crippen LogP) is -8.52. The Bertz CT molecular complexity index is 915. The SMILES string of the molecule is O=S(=O)(O)c1ccc(F)cc1.O=[As](O)(O)F.O=[As](O)(O)F.O=[As](O)(O)F.O=[As](O)(O)F.O=[As]([O-])(O)F.[Li+]. The number of halogens is 6. The first kappa shape index (κ1) is 50.5. The number of rotatable bonds is 1. The summed E-state index contributed by atoms with van der Waals surface area (Å²) in [6.07, 6.45) is 0. The van der Waals surface area contributed by atoms with Crippen LogP contribution in [0.1, 0.15) is 0 Å². The van der Waals surface area contributed by atoms with Crippen LogP contribution in [0.2, 0.25) is 0 Å². The van der Waals surface area contributed by atoms with Crippen LogP contribution in [0.4, 0.5) is 21.7 Å². The van der Waals surface area contributed by atoms with E-state index in [0.29, 0.717) is 0 Å². The minimum absolute atomic E-state index is 0.